The van der Waals surface area contributed by atoms with E-state index in [1.807, 2.05) is 0 Å². The fourth-order valence-corrected chi connectivity index (χ4v) is 8.89. The number of carbonyl (C=O) groups excluding carboxylic acids is 8. The molecule has 0 aromatic carbocycles. The van der Waals surface area contributed by atoms with Crippen LogP contribution in [0.5, 0.6) is 0 Å². The first kappa shape index (κ1) is 64.1. The number of imidazole rings is 1. The molecule has 0 spiro atoms. The Morgan fingerprint density at radius 2 is 1.25 bits per heavy atom. The number of rotatable bonds is 33. The van der Waals surface area contributed by atoms with E-state index >= 15 is 0 Å². The molecule has 0 bridgehead atoms. The molecular formula is C47H82N18O12. The number of carbonyl (C=O) groups is 9. The van der Waals surface area contributed by atoms with Crippen LogP contribution in [0.1, 0.15) is 104 Å². The minimum Gasteiger partial charge on any atom is -0.480 e. The average molecular weight is 1090 g/mol. The smallest absolute Gasteiger partial charge is 0.328 e. The third kappa shape index (κ3) is 20.4. The number of hydrogen-bond acceptors (Lipinski definition) is 16. The van der Waals surface area contributed by atoms with Crippen molar-refractivity contribution in [2.75, 3.05) is 39.3 Å². The zero-order valence-corrected chi connectivity index (χ0v) is 44.1. The van der Waals surface area contributed by atoms with Crippen LogP contribution >= 0.6 is 0 Å². The summed E-state index contributed by atoms with van der Waals surface area (Å²) in [4.78, 5) is 133. The number of aromatic amines is 1. The van der Waals surface area contributed by atoms with Crippen molar-refractivity contribution in [1.82, 2.24) is 62.3 Å². The number of nitrogens with zero attached hydrogens (tertiary/aromatic N) is 3. The monoisotopic (exact) mass is 1090 g/mol. The van der Waals surface area contributed by atoms with Crippen LogP contribution in [0.2, 0.25) is 0 Å². The molecule has 1 aromatic heterocycles. The van der Waals surface area contributed by atoms with E-state index in [4.69, 9.17) is 33.8 Å². The molecule has 30 heteroatoms. The maximum Gasteiger partial charge on any atom is 0.328 e. The second-order valence-corrected chi connectivity index (χ2v) is 19.4. The number of aliphatic hydroxyl groups excluding tert-OH is 2. The summed E-state index contributed by atoms with van der Waals surface area (Å²) in [6.45, 7) is 4.58. The Kier molecular flexibility index (Phi) is 27.0. The van der Waals surface area contributed by atoms with E-state index < -0.39 is 126 Å². The van der Waals surface area contributed by atoms with Crippen LogP contribution in [-0.4, -0.2) is 200 Å². The predicted octanol–water partition coefficient (Wildman–Crippen LogP) is -5.67. The molecule has 77 heavy (non-hydrogen) atoms. The Morgan fingerprint density at radius 1 is 0.714 bits per heavy atom. The van der Waals surface area contributed by atoms with Gasteiger partial charge in [-0.3, -0.25) is 49.2 Å². The van der Waals surface area contributed by atoms with Gasteiger partial charge in [-0.2, -0.15) is 0 Å². The summed E-state index contributed by atoms with van der Waals surface area (Å²) in [5.41, 5.74) is 23.0. The van der Waals surface area contributed by atoms with Crippen LogP contribution in [-0.2, 0) is 49.6 Å². The number of guanidine groups is 2. The first-order valence-electron chi connectivity index (χ1n) is 26.1. The number of nitrogens with one attached hydrogen (secondary N) is 11. The second-order valence-electron chi connectivity index (χ2n) is 19.4. The van der Waals surface area contributed by atoms with E-state index in [1.165, 1.54) is 29.2 Å². The third-order valence-corrected chi connectivity index (χ3v) is 13.4. The average Bonchev–Trinajstić information content (AvgIpc) is 4.21. The van der Waals surface area contributed by atoms with Crippen LogP contribution in [0, 0.1) is 16.7 Å². The molecule has 2 aliphatic heterocycles. The molecule has 1 aromatic rings. The van der Waals surface area contributed by atoms with Crippen molar-refractivity contribution < 1.29 is 58.5 Å². The van der Waals surface area contributed by atoms with Crippen molar-refractivity contribution in [1.29, 1.82) is 10.8 Å². The van der Waals surface area contributed by atoms with Crippen molar-refractivity contribution >= 4 is 65.1 Å². The topological polar surface area (TPSA) is 497 Å². The zero-order chi connectivity index (χ0) is 57.4. The second kappa shape index (κ2) is 32.4. The molecule has 2 fully saturated rings. The SMILES string of the molecule is CC[C@H](C)[C@H](NC(=O)[C@H](CO)NC(=O)[C@H](Cc1c[nH]cn1)NC(=O)[C@@H]1CCCN1C(=O)[C@H](CCCNC(=N)N)NC(=O)[C@H](CCCCN)NC(=O)[C@@H](N)CCCNC(=N)N)C(=O)N1CCC[C@H]1C(=O)N[C@H](C(=O)O)[C@@H](C)O. The van der Waals surface area contributed by atoms with Gasteiger partial charge in [-0.25, -0.2) is 9.78 Å². The summed E-state index contributed by atoms with van der Waals surface area (Å²) in [6.07, 6.45) is 4.44. The van der Waals surface area contributed by atoms with Gasteiger partial charge >= 0.3 is 5.97 Å². The third-order valence-electron chi connectivity index (χ3n) is 13.4. The minimum absolute atomic E-state index is 0.00519. The fourth-order valence-electron chi connectivity index (χ4n) is 8.89. The molecule has 2 saturated heterocycles. The number of hydrogen-bond donors (Lipinski definition) is 18. The van der Waals surface area contributed by atoms with E-state index in [-0.39, 0.29) is 76.5 Å². The number of carboxylic acid groups (broad SMARTS) is 1. The number of carboxylic acids is 1. The van der Waals surface area contributed by atoms with Crippen molar-refractivity contribution in [3.8, 4) is 0 Å². The van der Waals surface area contributed by atoms with Crippen molar-refractivity contribution in [2.24, 2.45) is 28.9 Å². The molecule has 0 aliphatic carbocycles. The molecule has 22 N–H and O–H groups in total. The van der Waals surface area contributed by atoms with Gasteiger partial charge in [0.25, 0.3) is 0 Å². The van der Waals surface area contributed by atoms with Gasteiger partial charge in [-0.05, 0) is 90.0 Å². The Balaban J connectivity index is 1.83. The lowest BCUT2D eigenvalue weighted by Gasteiger charge is -2.33. The van der Waals surface area contributed by atoms with Gasteiger partial charge in [-0.15, -0.1) is 0 Å². The van der Waals surface area contributed by atoms with Gasteiger partial charge in [0.1, 0.15) is 42.3 Å². The Bertz CT molecular complexity index is 2170. The first-order valence-corrected chi connectivity index (χ1v) is 26.1. The standard InChI is InChI=1S/C47H82N18O12/c1-4-25(2)35(44(75)65-20-10-15-34(65)42(73)63-36(26(3)67)45(76)77)62-40(71)32(23-66)61-39(70)31(21-27-22-54-24-57-27)60-41(72)33-14-9-19-64(33)43(74)30(13-8-18-56-47(52)53)59-38(69)29(12-5-6-16-48)58-37(68)28(49)11-7-17-55-46(50)51/h22,24-26,28-36,66-67H,4-21,23,48-49H2,1-3H3,(H,54,57)(H,58,68)(H,59,69)(H,60,72)(H,61,70)(H,62,71)(H,63,73)(H,76,77)(H4,50,51,55)(H4,52,53,56)/t25-,26+,28-,29-,30-,31-,32-,33-,34-,35-,36-/m0/s1. The fraction of sp³-hybridized carbons (Fsp3) is 0.702. The molecule has 0 radical (unpaired) electrons. The lowest BCUT2D eigenvalue weighted by molar-refractivity contribution is -0.147. The normalized spacial score (nSPS) is 18.6. The highest BCUT2D eigenvalue weighted by molar-refractivity contribution is 5.98. The number of aliphatic hydroxyl groups is 2. The summed E-state index contributed by atoms with van der Waals surface area (Å²) in [7, 11) is 0. The maximum absolute atomic E-state index is 14.5. The Morgan fingerprint density at radius 3 is 1.78 bits per heavy atom. The van der Waals surface area contributed by atoms with Gasteiger partial charge in [-0.1, -0.05) is 20.3 Å². The van der Waals surface area contributed by atoms with Crippen molar-refractivity contribution in [3.63, 3.8) is 0 Å². The van der Waals surface area contributed by atoms with Crippen LogP contribution < -0.4 is 65.5 Å². The zero-order valence-electron chi connectivity index (χ0n) is 44.1. The van der Waals surface area contributed by atoms with Crippen LogP contribution in [0.25, 0.3) is 0 Å². The molecular weight excluding hydrogens is 1010 g/mol. The van der Waals surface area contributed by atoms with Crippen molar-refractivity contribution in [3.05, 3.63) is 18.2 Å². The van der Waals surface area contributed by atoms with Crippen molar-refractivity contribution in [2.45, 2.75) is 165 Å². The lowest BCUT2D eigenvalue weighted by atomic mass is 9.96. The van der Waals surface area contributed by atoms with E-state index in [0.717, 1.165) is 0 Å². The predicted molar refractivity (Wildman–Crippen MR) is 278 cm³/mol. The number of likely N-dealkylation sites (tertiary alicyclic amines) is 2. The molecule has 432 valence electrons. The summed E-state index contributed by atoms with van der Waals surface area (Å²) in [5.74, 6) is -8.75. The van der Waals surface area contributed by atoms with Gasteiger partial charge in [0.15, 0.2) is 18.0 Å². The summed E-state index contributed by atoms with van der Waals surface area (Å²) in [6, 6.07) is -11.8. The molecule has 11 atom stereocenters. The van der Waals surface area contributed by atoms with E-state index in [2.05, 4.69) is 52.5 Å². The number of aromatic nitrogens is 2. The summed E-state index contributed by atoms with van der Waals surface area (Å²) < 4.78 is 0. The lowest BCUT2D eigenvalue weighted by Crippen LogP contribution is -2.61. The number of nitrogens with two attached hydrogens (primary N) is 4. The molecule has 0 saturated carbocycles. The number of aliphatic carboxylic acids is 1. The highest BCUT2D eigenvalue weighted by Crippen LogP contribution is 2.23. The molecule has 3 rings (SSSR count). The quantitative estimate of drug-likeness (QED) is 0.0177. The van der Waals surface area contributed by atoms with Crippen LogP contribution in [0.4, 0.5) is 0 Å². The largest absolute Gasteiger partial charge is 0.480 e. The minimum atomic E-state index is -1.68. The number of unbranched alkanes of at least 4 members (excludes halogenated alkanes) is 1. The highest BCUT2D eigenvalue weighted by atomic mass is 16.4. The van der Waals surface area contributed by atoms with Gasteiger partial charge in [0.2, 0.25) is 47.3 Å². The van der Waals surface area contributed by atoms with Crippen LogP contribution in [0.3, 0.4) is 0 Å². The van der Waals surface area contributed by atoms with E-state index in [1.54, 1.807) is 13.8 Å². The van der Waals surface area contributed by atoms with Gasteiger partial charge in [0.05, 0.1) is 30.8 Å². The molecule has 2 aliphatic rings. The molecule has 0 unspecified atom stereocenters. The van der Waals surface area contributed by atoms with E-state index in [0.29, 0.717) is 57.3 Å². The first-order chi connectivity index (χ1) is 36.5. The van der Waals surface area contributed by atoms with Crippen LogP contribution in [0.15, 0.2) is 12.5 Å². The molecule has 3 heterocycles. The maximum atomic E-state index is 14.5. The molecule has 8 amide bonds. The number of amides is 8. The summed E-state index contributed by atoms with van der Waals surface area (Å²) in [5, 5.41) is 65.5. The summed E-state index contributed by atoms with van der Waals surface area (Å²) >= 11 is 0. The highest BCUT2D eigenvalue weighted by Gasteiger charge is 2.43. The molecule has 30 nitrogen and oxygen atoms in total. The Labute approximate surface area is 446 Å². The van der Waals surface area contributed by atoms with Gasteiger partial charge in [0, 0.05) is 38.8 Å². The van der Waals surface area contributed by atoms with E-state index in [9.17, 15) is 58.5 Å². The Hall–Kier alpha value is -7.18. The number of H-pyrrole nitrogens is 1. The van der Waals surface area contributed by atoms with Gasteiger partial charge < -0.3 is 95.6 Å².